The van der Waals surface area contributed by atoms with E-state index in [0.29, 0.717) is 12.2 Å². The Kier molecular flexibility index (Phi) is 7.81. The Morgan fingerprint density at radius 1 is 1.11 bits per heavy atom. The zero-order chi connectivity index (χ0) is 27.8. The first-order valence-corrected chi connectivity index (χ1v) is 11.9. The van der Waals surface area contributed by atoms with Gasteiger partial charge in [-0.1, -0.05) is 45.4 Å². The van der Waals surface area contributed by atoms with E-state index in [1.54, 1.807) is 32.1 Å². The number of carbonyl (C=O) groups is 3. The van der Waals surface area contributed by atoms with Crippen molar-refractivity contribution in [2.45, 2.75) is 58.9 Å². The van der Waals surface area contributed by atoms with Crippen LogP contribution in [-0.2, 0) is 14.3 Å². The molecule has 2 amide bonds. The van der Waals surface area contributed by atoms with Gasteiger partial charge >= 0.3 is 18.2 Å². The molecule has 3 rings (SSSR count). The summed E-state index contributed by atoms with van der Waals surface area (Å²) < 4.78 is 55.0. The molecule has 0 aromatic heterocycles. The minimum absolute atomic E-state index is 0.0268. The normalized spacial score (nSPS) is 32.7. The molecule has 7 nitrogen and oxygen atoms in total. The standard InChI is InChI=1S/C27H32F3NO6/c1-7-25(4)14-20(36-24(34)31-22(32)17-8-10-19(35-6)11-9-17)26(5)16(3)13-18(26)12-15(2)21(25)37-23(33)27(28,29)30/h7-12,15-16,20-21H,1,13-14H2,2-6H3,(H,31,32,34)/b18-12-/t15-,16?,20-,21?,25-,26-/m1/s1. The number of carbonyl (C=O) groups excluding carboxylic acids is 3. The second-order valence-corrected chi connectivity index (χ2v) is 10.3. The molecule has 37 heavy (non-hydrogen) atoms. The Balaban J connectivity index is 1.88. The van der Waals surface area contributed by atoms with Crippen molar-refractivity contribution in [3.05, 3.63) is 54.1 Å². The number of imide groups is 1. The number of benzene rings is 1. The van der Waals surface area contributed by atoms with E-state index in [1.807, 2.05) is 13.8 Å². The third kappa shape index (κ3) is 5.52. The highest BCUT2D eigenvalue weighted by molar-refractivity contribution is 6.02. The number of hydrogen-bond donors (Lipinski definition) is 1. The molecule has 202 valence electrons. The van der Waals surface area contributed by atoms with Crippen LogP contribution in [0.5, 0.6) is 5.75 Å². The van der Waals surface area contributed by atoms with Crippen molar-refractivity contribution in [2.75, 3.05) is 7.11 Å². The summed E-state index contributed by atoms with van der Waals surface area (Å²) in [5.74, 6) is -2.90. The Morgan fingerprint density at radius 3 is 2.24 bits per heavy atom. The Labute approximate surface area is 214 Å². The maximum atomic E-state index is 13.1. The van der Waals surface area contributed by atoms with Crippen LogP contribution in [0.2, 0.25) is 0 Å². The van der Waals surface area contributed by atoms with E-state index >= 15 is 0 Å². The summed E-state index contributed by atoms with van der Waals surface area (Å²) in [6.07, 6.45) is -4.29. The molecular weight excluding hydrogens is 491 g/mol. The third-order valence-corrected chi connectivity index (χ3v) is 7.88. The average Bonchev–Trinajstić information content (AvgIpc) is 2.84. The first kappa shape index (κ1) is 28.3. The predicted molar refractivity (Wildman–Crippen MR) is 129 cm³/mol. The number of alkyl carbamates (subject to hydrolysis) is 1. The van der Waals surface area contributed by atoms with Gasteiger partial charge in [-0.2, -0.15) is 13.2 Å². The fourth-order valence-electron chi connectivity index (χ4n) is 5.31. The third-order valence-electron chi connectivity index (χ3n) is 7.88. The zero-order valence-electron chi connectivity index (χ0n) is 21.5. The molecule has 1 aromatic rings. The van der Waals surface area contributed by atoms with Crippen molar-refractivity contribution < 1.29 is 41.8 Å². The number of alkyl halides is 3. The molecule has 0 bridgehead atoms. The number of hydrogen-bond acceptors (Lipinski definition) is 6. The number of amides is 2. The van der Waals surface area contributed by atoms with Crippen molar-refractivity contribution >= 4 is 18.0 Å². The summed E-state index contributed by atoms with van der Waals surface area (Å²) in [7, 11) is 1.48. The Morgan fingerprint density at radius 2 is 1.73 bits per heavy atom. The summed E-state index contributed by atoms with van der Waals surface area (Å²) in [6.45, 7) is 11.0. The summed E-state index contributed by atoms with van der Waals surface area (Å²) in [4.78, 5) is 37.2. The van der Waals surface area contributed by atoms with Crippen LogP contribution in [0.1, 0.15) is 50.9 Å². The largest absolute Gasteiger partial charge is 0.497 e. The minimum atomic E-state index is -5.16. The smallest absolute Gasteiger partial charge is 0.490 e. The number of esters is 1. The predicted octanol–water partition coefficient (Wildman–Crippen LogP) is 5.61. The number of fused-ring (bicyclic) bond motifs is 1. The van der Waals surface area contributed by atoms with E-state index in [9.17, 15) is 27.6 Å². The fourth-order valence-corrected chi connectivity index (χ4v) is 5.31. The van der Waals surface area contributed by atoms with Gasteiger partial charge in [-0.3, -0.25) is 10.1 Å². The van der Waals surface area contributed by atoms with Crippen LogP contribution in [0, 0.1) is 22.7 Å². The van der Waals surface area contributed by atoms with E-state index in [0.717, 1.165) is 5.57 Å². The van der Waals surface area contributed by atoms with Gasteiger partial charge in [0.25, 0.3) is 5.91 Å². The maximum absolute atomic E-state index is 13.1. The van der Waals surface area contributed by atoms with Gasteiger partial charge in [-0.25, -0.2) is 9.59 Å². The molecule has 10 heteroatoms. The highest BCUT2D eigenvalue weighted by Gasteiger charge is 2.57. The molecule has 1 saturated carbocycles. The van der Waals surface area contributed by atoms with E-state index in [-0.39, 0.29) is 17.9 Å². The molecule has 1 fully saturated rings. The average molecular weight is 524 g/mol. The van der Waals surface area contributed by atoms with Crippen molar-refractivity contribution in [3.63, 3.8) is 0 Å². The lowest BCUT2D eigenvalue weighted by Gasteiger charge is -2.56. The van der Waals surface area contributed by atoms with Crippen molar-refractivity contribution in [1.82, 2.24) is 5.32 Å². The van der Waals surface area contributed by atoms with Crippen LogP contribution >= 0.6 is 0 Å². The van der Waals surface area contributed by atoms with E-state index in [2.05, 4.69) is 11.9 Å². The zero-order valence-corrected chi connectivity index (χ0v) is 21.5. The highest BCUT2D eigenvalue weighted by Crippen LogP contribution is 2.58. The van der Waals surface area contributed by atoms with Crippen LogP contribution in [-0.4, -0.2) is 43.5 Å². The molecule has 0 aliphatic heterocycles. The second kappa shape index (κ2) is 10.2. The van der Waals surface area contributed by atoms with E-state index in [4.69, 9.17) is 14.2 Å². The van der Waals surface area contributed by atoms with Gasteiger partial charge < -0.3 is 14.2 Å². The summed E-state index contributed by atoms with van der Waals surface area (Å²) in [5, 5.41) is 2.21. The molecular formula is C27H32F3NO6. The lowest BCUT2D eigenvalue weighted by molar-refractivity contribution is -0.212. The molecule has 1 N–H and O–H groups in total. The van der Waals surface area contributed by atoms with Gasteiger partial charge in [0.1, 0.15) is 18.0 Å². The van der Waals surface area contributed by atoms with Crippen LogP contribution in [0.25, 0.3) is 0 Å². The van der Waals surface area contributed by atoms with E-state index in [1.165, 1.54) is 25.3 Å². The first-order chi connectivity index (χ1) is 17.2. The number of halogens is 3. The number of rotatable bonds is 5. The molecule has 2 unspecified atom stereocenters. The van der Waals surface area contributed by atoms with Crippen molar-refractivity contribution in [3.8, 4) is 5.75 Å². The van der Waals surface area contributed by atoms with E-state index < -0.39 is 53.1 Å². The monoisotopic (exact) mass is 523 g/mol. The molecule has 1 aromatic carbocycles. The topological polar surface area (TPSA) is 90.9 Å². The lowest BCUT2D eigenvalue weighted by Crippen LogP contribution is -2.56. The molecule has 0 saturated heterocycles. The highest BCUT2D eigenvalue weighted by atomic mass is 19.4. The molecule has 0 radical (unpaired) electrons. The van der Waals surface area contributed by atoms with Crippen molar-refractivity contribution in [2.24, 2.45) is 22.7 Å². The summed E-state index contributed by atoms with van der Waals surface area (Å²) >= 11 is 0. The van der Waals surface area contributed by atoms with Gasteiger partial charge in [0.05, 0.1) is 7.11 Å². The lowest BCUT2D eigenvalue weighted by atomic mass is 9.51. The quantitative estimate of drug-likeness (QED) is 0.399. The number of nitrogens with one attached hydrogen (secondary N) is 1. The Bertz CT molecular complexity index is 1100. The van der Waals surface area contributed by atoms with Crippen molar-refractivity contribution in [1.29, 1.82) is 0 Å². The maximum Gasteiger partial charge on any atom is 0.490 e. The summed E-state index contributed by atoms with van der Waals surface area (Å²) in [6, 6.07) is 6.12. The van der Waals surface area contributed by atoms with Gasteiger partial charge in [0.15, 0.2) is 0 Å². The fraction of sp³-hybridized carbons (Fsp3) is 0.519. The van der Waals surface area contributed by atoms with Gasteiger partial charge in [-0.05, 0) is 43.0 Å². The summed E-state index contributed by atoms with van der Waals surface area (Å²) in [5.41, 5.74) is -0.696. The SMILES string of the molecule is C=C[C@]1(C)C[C@@H](OC(=O)NC(=O)c2ccc(OC)cc2)[C@@]2(C)/C(=C\[C@@H](C)C1OC(=O)C(F)(F)F)CC2C. The molecule has 2 aliphatic carbocycles. The molecule has 0 spiro atoms. The van der Waals surface area contributed by atoms with Crippen LogP contribution in [0.3, 0.4) is 0 Å². The van der Waals surface area contributed by atoms with Crippen LogP contribution in [0.15, 0.2) is 48.6 Å². The van der Waals surface area contributed by atoms with Crippen LogP contribution in [0.4, 0.5) is 18.0 Å². The number of methoxy groups -OCH3 is 1. The Hall–Kier alpha value is -3.30. The molecule has 6 atom stereocenters. The van der Waals surface area contributed by atoms with Gasteiger partial charge in [0, 0.05) is 22.3 Å². The number of ether oxygens (including phenoxy) is 3. The van der Waals surface area contributed by atoms with Gasteiger partial charge in [-0.15, -0.1) is 6.58 Å². The van der Waals surface area contributed by atoms with Crippen LogP contribution < -0.4 is 10.1 Å². The molecule has 2 aliphatic rings. The van der Waals surface area contributed by atoms with Gasteiger partial charge in [0.2, 0.25) is 0 Å². The molecule has 0 heterocycles. The first-order valence-electron chi connectivity index (χ1n) is 11.9. The second-order valence-electron chi connectivity index (χ2n) is 10.3. The minimum Gasteiger partial charge on any atom is -0.497 e.